The van der Waals surface area contributed by atoms with Gasteiger partial charge in [-0.3, -0.25) is 4.79 Å². The molecule has 2 atom stereocenters. The van der Waals surface area contributed by atoms with Gasteiger partial charge in [-0.15, -0.1) is 0 Å². The number of aromatic nitrogens is 2. The predicted octanol–water partition coefficient (Wildman–Crippen LogP) is 3.07. The maximum atomic E-state index is 13.8. The number of methoxy groups -OCH3 is 1. The van der Waals surface area contributed by atoms with Crippen LogP contribution >= 0.6 is 0 Å². The summed E-state index contributed by atoms with van der Waals surface area (Å²) in [6.07, 6.45) is 2.41. The van der Waals surface area contributed by atoms with Crippen LogP contribution in [0.15, 0.2) is 58.4 Å². The fourth-order valence-corrected chi connectivity index (χ4v) is 5.95. The second kappa shape index (κ2) is 10.3. The first kappa shape index (κ1) is 26.1. The average molecular weight is 547 g/mol. The molecule has 0 spiro atoms. The van der Waals surface area contributed by atoms with E-state index in [-0.39, 0.29) is 29.4 Å². The van der Waals surface area contributed by atoms with Crippen LogP contribution in [0.1, 0.15) is 13.3 Å². The fourth-order valence-electron chi connectivity index (χ4n) is 4.52. The predicted molar refractivity (Wildman–Crippen MR) is 136 cm³/mol. The number of rotatable bonds is 8. The largest absolute Gasteiger partial charge is 0.497 e. The van der Waals surface area contributed by atoms with Crippen LogP contribution in [0.4, 0.5) is 14.5 Å². The summed E-state index contributed by atoms with van der Waals surface area (Å²) in [5.41, 5.74) is -0.286. The third-order valence-corrected chi connectivity index (χ3v) is 8.91. The van der Waals surface area contributed by atoms with E-state index in [0.29, 0.717) is 49.0 Å². The van der Waals surface area contributed by atoms with E-state index in [1.807, 2.05) is 4.90 Å². The quantitative estimate of drug-likeness (QED) is 0.429. The Labute approximate surface area is 219 Å². The molecule has 0 N–H and O–H groups in total. The molecule has 1 saturated carbocycles. The standard InChI is InChI=1S/C26H28F2N4O5S/c1-17-11-18(17)16-37-25-24(15-29-32(26(25)33)21-13-19(27)12-20(28)14-21)30-7-9-31(10-8-30)38(34,35)23-5-3-22(36-2)4-6-23/h3-6,12-15,17-18H,7-11,16H2,1-2H3. The van der Waals surface area contributed by atoms with Gasteiger partial charge >= 0.3 is 5.56 Å². The Balaban J connectivity index is 1.40. The lowest BCUT2D eigenvalue weighted by molar-refractivity contribution is 0.286. The fraction of sp³-hybridized carbons (Fsp3) is 0.385. The lowest BCUT2D eigenvalue weighted by atomic mass is 10.2. The van der Waals surface area contributed by atoms with E-state index >= 15 is 0 Å². The molecule has 2 aromatic carbocycles. The Hall–Kier alpha value is -3.51. The van der Waals surface area contributed by atoms with Crippen LogP contribution in [-0.2, 0) is 10.0 Å². The number of piperazine rings is 1. The maximum Gasteiger partial charge on any atom is 0.316 e. The molecule has 1 aromatic heterocycles. The molecular weight excluding hydrogens is 518 g/mol. The van der Waals surface area contributed by atoms with Crippen LogP contribution in [0.5, 0.6) is 11.5 Å². The molecule has 1 saturated heterocycles. The number of hydrogen-bond donors (Lipinski definition) is 0. The third kappa shape index (κ3) is 5.23. The SMILES string of the molecule is COc1ccc(S(=O)(=O)N2CCN(c3cnn(-c4cc(F)cc(F)c4)c(=O)c3OCC3CC3C)CC2)cc1. The Morgan fingerprint density at radius 3 is 2.24 bits per heavy atom. The van der Waals surface area contributed by atoms with Crippen molar-refractivity contribution in [1.29, 1.82) is 0 Å². The van der Waals surface area contributed by atoms with Crippen LogP contribution < -0.4 is 19.9 Å². The molecule has 38 heavy (non-hydrogen) atoms. The molecule has 0 amide bonds. The van der Waals surface area contributed by atoms with Gasteiger partial charge in [0.05, 0.1) is 30.5 Å². The van der Waals surface area contributed by atoms with Gasteiger partial charge in [0.15, 0.2) is 0 Å². The minimum absolute atomic E-state index is 0.0234. The molecule has 2 heterocycles. The van der Waals surface area contributed by atoms with Gasteiger partial charge in [-0.05, 0) is 54.7 Å². The summed E-state index contributed by atoms with van der Waals surface area (Å²) in [6.45, 7) is 3.39. The molecule has 0 bridgehead atoms. The highest BCUT2D eigenvalue weighted by Gasteiger charge is 2.35. The number of anilines is 1. The number of hydrogen-bond acceptors (Lipinski definition) is 7. The molecule has 2 unspecified atom stereocenters. The van der Waals surface area contributed by atoms with Gasteiger partial charge in [0, 0.05) is 32.2 Å². The lowest BCUT2D eigenvalue weighted by Gasteiger charge is -2.35. The highest BCUT2D eigenvalue weighted by atomic mass is 32.2. The number of nitrogens with zero attached hydrogens (tertiary/aromatic N) is 4. The van der Waals surface area contributed by atoms with E-state index in [4.69, 9.17) is 9.47 Å². The van der Waals surface area contributed by atoms with Crippen LogP contribution in [0.2, 0.25) is 0 Å². The molecular formula is C26H28F2N4O5S. The van der Waals surface area contributed by atoms with E-state index in [1.54, 1.807) is 12.1 Å². The Morgan fingerprint density at radius 1 is 1.03 bits per heavy atom. The molecule has 202 valence electrons. The average Bonchev–Trinajstić information content (AvgIpc) is 3.62. The van der Waals surface area contributed by atoms with Crippen molar-refractivity contribution in [3.8, 4) is 17.2 Å². The number of halogens is 2. The van der Waals surface area contributed by atoms with Crippen LogP contribution in [0.25, 0.3) is 5.69 Å². The summed E-state index contributed by atoms with van der Waals surface area (Å²) in [5, 5.41) is 4.16. The summed E-state index contributed by atoms with van der Waals surface area (Å²) >= 11 is 0. The Morgan fingerprint density at radius 2 is 1.66 bits per heavy atom. The molecule has 12 heteroatoms. The number of ether oxygens (including phenoxy) is 2. The van der Waals surface area contributed by atoms with Crippen LogP contribution in [0, 0.1) is 23.5 Å². The van der Waals surface area contributed by atoms with Crippen molar-refractivity contribution in [2.45, 2.75) is 18.2 Å². The van der Waals surface area contributed by atoms with E-state index in [2.05, 4.69) is 12.0 Å². The molecule has 5 rings (SSSR count). The first-order chi connectivity index (χ1) is 18.2. The van der Waals surface area contributed by atoms with Crippen LogP contribution in [-0.4, -0.2) is 62.4 Å². The zero-order valence-corrected chi connectivity index (χ0v) is 21.8. The third-order valence-electron chi connectivity index (χ3n) is 7.00. The summed E-state index contributed by atoms with van der Waals surface area (Å²) in [4.78, 5) is 15.4. The molecule has 1 aliphatic carbocycles. The zero-order chi connectivity index (χ0) is 27.0. The summed E-state index contributed by atoms with van der Waals surface area (Å²) in [7, 11) is -2.20. The Kier molecular flexibility index (Phi) is 7.10. The summed E-state index contributed by atoms with van der Waals surface area (Å²) < 4.78 is 67.3. The molecule has 2 aliphatic rings. The molecule has 1 aliphatic heterocycles. The van der Waals surface area contributed by atoms with Crippen LogP contribution in [0.3, 0.4) is 0 Å². The molecule has 9 nitrogen and oxygen atoms in total. The van der Waals surface area contributed by atoms with E-state index in [9.17, 15) is 22.0 Å². The second-order valence-electron chi connectivity index (χ2n) is 9.55. The minimum Gasteiger partial charge on any atom is -0.497 e. The second-order valence-corrected chi connectivity index (χ2v) is 11.5. The van der Waals surface area contributed by atoms with Gasteiger partial charge in [0.2, 0.25) is 15.8 Å². The minimum atomic E-state index is -3.71. The van der Waals surface area contributed by atoms with Crippen molar-refractivity contribution in [1.82, 2.24) is 14.1 Å². The smallest absolute Gasteiger partial charge is 0.316 e. The summed E-state index contributed by atoms with van der Waals surface area (Å²) in [5.74, 6) is -0.267. The van der Waals surface area contributed by atoms with Crippen molar-refractivity contribution < 1.29 is 26.7 Å². The normalized spacial score (nSPS) is 19.8. The maximum absolute atomic E-state index is 13.8. The molecule has 0 radical (unpaired) electrons. The monoisotopic (exact) mass is 546 g/mol. The highest BCUT2D eigenvalue weighted by Crippen LogP contribution is 2.38. The number of sulfonamides is 1. The van der Waals surface area contributed by atoms with Crippen molar-refractivity contribution in [2.75, 3.05) is 44.8 Å². The molecule has 2 fully saturated rings. The highest BCUT2D eigenvalue weighted by molar-refractivity contribution is 7.89. The van der Waals surface area contributed by atoms with Gasteiger partial charge in [0.25, 0.3) is 0 Å². The van der Waals surface area contributed by atoms with Crippen molar-refractivity contribution in [2.24, 2.45) is 11.8 Å². The van der Waals surface area contributed by atoms with Crippen molar-refractivity contribution >= 4 is 15.7 Å². The first-order valence-corrected chi connectivity index (χ1v) is 13.7. The van der Waals surface area contributed by atoms with Crippen molar-refractivity contribution in [3.05, 3.63) is 70.6 Å². The molecule has 3 aromatic rings. The van der Waals surface area contributed by atoms with Gasteiger partial charge in [0.1, 0.15) is 23.1 Å². The van der Waals surface area contributed by atoms with Gasteiger partial charge in [-0.25, -0.2) is 17.2 Å². The van der Waals surface area contributed by atoms with Gasteiger partial charge in [-0.2, -0.15) is 14.1 Å². The zero-order valence-electron chi connectivity index (χ0n) is 21.0. The van der Waals surface area contributed by atoms with Crippen molar-refractivity contribution in [3.63, 3.8) is 0 Å². The Bertz CT molecular complexity index is 1470. The van der Waals surface area contributed by atoms with Gasteiger partial charge in [-0.1, -0.05) is 6.92 Å². The first-order valence-electron chi connectivity index (χ1n) is 12.3. The summed E-state index contributed by atoms with van der Waals surface area (Å²) in [6, 6.07) is 8.96. The van der Waals surface area contributed by atoms with E-state index < -0.39 is 27.2 Å². The number of benzene rings is 2. The lowest BCUT2D eigenvalue weighted by Crippen LogP contribution is -2.49. The topological polar surface area (TPSA) is 94.0 Å². The van der Waals surface area contributed by atoms with Gasteiger partial charge < -0.3 is 14.4 Å². The van der Waals surface area contributed by atoms with E-state index in [0.717, 1.165) is 23.2 Å². The van der Waals surface area contributed by atoms with E-state index in [1.165, 1.54) is 29.7 Å².